The Morgan fingerprint density at radius 1 is 1.22 bits per heavy atom. The highest BCUT2D eigenvalue weighted by molar-refractivity contribution is 8.18. The number of aromatic hydroxyl groups is 1. The summed E-state index contributed by atoms with van der Waals surface area (Å²) in [6.45, 7) is 2.38. The first-order valence-corrected chi connectivity index (χ1v) is 9.62. The summed E-state index contributed by atoms with van der Waals surface area (Å²) in [5, 5.41) is 10.5. The maximum absolute atomic E-state index is 12.7. The molecule has 1 N–H and O–H groups in total. The Kier molecular flexibility index (Phi) is 5.99. The number of ether oxygens (including phenoxy) is 1. The van der Waals surface area contributed by atoms with E-state index in [0.29, 0.717) is 22.2 Å². The van der Waals surface area contributed by atoms with E-state index in [2.05, 4.69) is 4.99 Å². The maximum Gasteiger partial charge on any atom is 0.266 e. The van der Waals surface area contributed by atoms with Crippen molar-refractivity contribution >= 4 is 57.8 Å². The third kappa shape index (κ3) is 4.24. The Hall–Kier alpha value is -2.15. The molecule has 0 aromatic heterocycles. The van der Waals surface area contributed by atoms with Gasteiger partial charge >= 0.3 is 0 Å². The third-order valence-electron chi connectivity index (χ3n) is 3.84. The number of nitrogens with zero attached hydrogens (tertiary/aromatic N) is 2. The summed E-state index contributed by atoms with van der Waals surface area (Å²) in [5.74, 6) is 0.418. The Balaban J connectivity index is 1.93. The summed E-state index contributed by atoms with van der Waals surface area (Å²) < 4.78 is 5.14. The Morgan fingerprint density at radius 3 is 2.41 bits per heavy atom. The zero-order valence-corrected chi connectivity index (χ0v) is 16.9. The fourth-order valence-electron chi connectivity index (χ4n) is 2.46. The van der Waals surface area contributed by atoms with Gasteiger partial charge in [-0.3, -0.25) is 9.69 Å². The molecule has 1 saturated heterocycles. The minimum Gasteiger partial charge on any atom is -0.505 e. The average molecular weight is 423 g/mol. The molecule has 1 aliphatic heterocycles. The number of amidine groups is 1. The molecule has 0 unspecified atom stereocenters. The maximum atomic E-state index is 12.7. The minimum atomic E-state index is -0.178. The zero-order chi connectivity index (χ0) is 19.6. The van der Waals surface area contributed by atoms with Gasteiger partial charge in [0.2, 0.25) is 0 Å². The number of thioether (sulfide) groups is 1. The number of hydrogen-bond acceptors (Lipinski definition) is 5. The highest BCUT2D eigenvalue weighted by Crippen LogP contribution is 2.37. The predicted molar refractivity (Wildman–Crippen MR) is 111 cm³/mol. The number of carbonyl (C=O) groups excluding carboxylic acids is 1. The van der Waals surface area contributed by atoms with Gasteiger partial charge in [0.25, 0.3) is 5.91 Å². The van der Waals surface area contributed by atoms with Crippen LogP contribution in [-0.4, -0.2) is 34.7 Å². The van der Waals surface area contributed by atoms with E-state index in [4.69, 9.17) is 27.9 Å². The second kappa shape index (κ2) is 8.25. The van der Waals surface area contributed by atoms with Crippen molar-refractivity contribution in [2.75, 3.05) is 13.7 Å². The van der Waals surface area contributed by atoms with Crippen LogP contribution < -0.4 is 4.74 Å². The molecule has 0 aliphatic carbocycles. The summed E-state index contributed by atoms with van der Waals surface area (Å²) in [6.07, 6.45) is 1.68. The van der Waals surface area contributed by atoms with Crippen molar-refractivity contribution in [2.45, 2.75) is 6.92 Å². The fourth-order valence-corrected chi connectivity index (χ4v) is 4.02. The smallest absolute Gasteiger partial charge is 0.266 e. The van der Waals surface area contributed by atoms with Crippen LogP contribution in [0.4, 0.5) is 5.69 Å². The normalized spacial score (nSPS) is 17.2. The number of methoxy groups -OCH3 is 1. The van der Waals surface area contributed by atoms with E-state index >= 15 is 0 Å². The predicted octanol–water partition coefficient (Wildman–Crippen LogP) is 5.33. The molecule has 1 amide bonds. The first kappa shape index (κ1) is 19.6. The lowest BCUT2D eigenvalue weighted by molar-refractivity contribution is -0.122. The Labute approximate surface area is 171 Å². The van der Waals surface area contributed by atoms with Crippen molar-refractivity contribution in [3.05, 3.63) is 56.9 Å². The molecule has 0 atom stereocenters. The summed E-state index contributed by atoms with van der Waals surface area (Å²) >= 11 is 13.2. The summed E-state index contributed by atoms with van der Waals surface area (Å²) in [5.41, 5.74) is 1.35. The van der Waals surface area contributed by atoms with E-state index in [-0.39, 0.29) is 21.7 Å². The van der Waals surface area contributed by atoms with Crippen molar-refractivity contribution in [1.29, 1.82) is 0 Å². The monoisotopic (exact) mass is 422 g/mol. The number of phenols is 1. The number of aliphatic imine (C=N–C) groups is 1. The summed E-state index contributed by atoms with van der Waals surface area (Å²) in [7, 11) is 1.60. The van der Waals surface area contributed by atoms with E-state index in [1.165, 1.54) is 11.8 Å². The molecule has 2 aromatic carbocycles. The van der Waals surface area contributed by atoms with Crippen molar-refractivity contribution in [2.24, 2.45) is 4.99 Å². The number of benzene rings is 2. The first-order valence-electron chi connectivity index (χ1n) is 8.05. The molecule has 1 aliphatic rings. The SMILES string of the molecule is CCN1C(=O)C(=Cc2cc(Cl)c(O)c(Cl)c2)SC1=Nc1ccc(OC)cc1. The molecule has 8 heteroatoms. The first-order chi connectivity index (χ1) is 12.9. The molecular formula is C19H16Cl2N2O3S. The van der Waals surface area contributed by atoms with E-state index in [1.54, 1.807) is 30.2 Å². The van der Waals surface area contributed by atoms with Gasteiger partial charge in [0.15, 0.2) is 10.9 Å². The number of likely N-dealkylation sites (N-methyl/N-ethyl adjacent to an activating group) is 1. The van der Waals surface area contributed by atoms with Gasteiger partial charge in [-0.1, -0.05) is 23.2 Å². The van der Waals surface area contributed by atoms with Crippen LogP contribution in [0.25, 0.3) is 6.08 Å². The molecular weight excluding hydrogens is 407 g/mol. The average Bonchev–Trinajstić information content (AvgIpc) is 2.94. The number of phenolic OH excluding ortho intramolecular Hbond substituents is 1. The molecule has 2 aromatic rings. The van der Waals surface area contributed by atoms with E-state index in [0.717, 1.165) is 11.4 Å². The number of carbonyl (C=O) groups is 1. The summed E-state index contributed by atoms with van der Waals surface area (Å²) in [4.78, 5) is 19.4. The van der Waals surface area contributed by atoms with Crippen molar-refractivity contribution in [3.63, 3.8) is 0 Å². The highest BCUT2D eigenvalue weighted by Gasteiger charge is 2.32. The van der Waals surface area contributed by atoms with Gasteiger partial charge in [-0.15, -0.1) is 0 Å². The van der Waals surface area contributed by atoms with Crippen LogP contribution in [0.15, 0.2) is 46.3 Å². The molecule has 0 saturated carbocycles. The number of amides is 1. The lowest BCUT2D eigenvalue weighted by atomic mass is 10.2. The van der Waals surface area contributed by atoms with Crippen LogP contribution >= 0.6 is 35.0 Å². The van der Waals surface area contributed by atoms with Gasteiger partial charge in [-0.2, -0.15) is 0 Å². The largest absolute Gasteiger partial charge is 0.505 e. The quantitative estimate of drug-likeness (QED) is 0.676. The zero-order valence-electron chi connectivity index (χ0n) is 14.6. The van der Waals surface area contributed by atoms with Crippen molar-refractivity contribution in [1.82, 2.24) is 4.90 Å². The lowest BCUT2D eigenvalue weighted by Crippen LogP contribution is -2.28. The topological polar surface area (TPSA) is 62.1 Å². The standard InChI is InChI=1S/C19H16Cl2N2O3S/c1-3-23-18(25)16(10-11-8-14(20)17(24)15(21)9-11)27-19(23)22-12-4-6-13(26-2)7-5-12/h4-10,24H,3H2,1-2H3. The summed E-state index contributed by atoms with van der Waals surface area (Å²) in [6, 6.07) is 10.4. The van der Waals surface area contributed by atoms with Crippen LogP contribution in [0, 0.1) is 0 Å². The molecule has 0 spiro atoms. The molecule has 140 valence electrons. The second-order valence-corrected chi connectivity index (χ2v) is 7.41. The molecule has 3 rings (SSSR count). The van der Waals surface area contributed by atoms with Gasteiger partial charge in [-0.05, 0) is 66.7 Å². The van der Waals surface area contributed by atoms with Crippen molar-refractivity contribution in [3.8, 4) is 11.5 Å². The highest BCUT2D eigenvalue weighted by atomic mass is 35.5. The second-order valence-electron chi connectivity index (χ2n) is 5.59. The molecule has 1 heterocycles. The minimum absolute atomic E-state index is 0.129. The molecule has 5 nitrogen and oxygen atoms in total. The van der Waals surface area contributed by atoms with E-state index in [1.807, 2.05) is 31.2 Å². The van der Waals surface area contributed by atoms with Crippen LogP contribution in [0.1, 0.15) is 12.5 Å². The molecule has 27 heavy (non-hydrogen) atoms. The van der Waals surface area contributed by atoms with Crippen LogP contribution in [0.3, 0.4) is 0 Å². The van der Waals surface area contributed by atoms with Crippen LogP contribution in [0.2, 0.25) is 10.0 Å². The number of hydrogen-bond donors (Lipinski definition) is 1. The van der Waals surface area contributed by atoms with Gasteiger partial charge in [-0.25, -0.2) is 4.99 Å². The third-order valence-corrected chi connectivity index (χ3v) is 5.42. The molecule has 1 fully saturated rings. The Morgan fingerprint density at radius 2 is 1.85 bits per heavy atom. The Bertz CT molecular complexity index is 919. The number of rotatable bonds is 4. The fraction of sp³-hybridized carbons (Fsp3) is 0.158. The lowest BCUT2D eigenvalue weighted by Gasteiger charge is -2.12. The van der Waals surface area contributed by atoms with Crippen molar-refractivity contribution < 1.29 is 14.6 Å². The van der Waals surface area contributed by atoms with E-state index < -0.39 is 0 Å². The van der Waals surface area contributed by atoms with Crippen LogP contribution in [0.5, 0.6) is 11.5 Å². The van der Waals surface area contributed by atoms with Gasteiger partial charge in [0, 0.05) is 6.54 Å². The van der Waals surface area contributed by atoms with Gasteiger partial charge < -0.3 is 9.84 Å². The van der Waals surface area contributed by atoms with Gasteiger partial charge in [0.1, 0.15) is 5.75 Å². The van der Waals surface area contributed by atoms with Gasteiger partial charge in [0.05, 0.1) is 27.7 Å². The number of halogens is 2. The molecule has 0 bridgehead atoms. The molecule has 0 radical (unpaired) electrons. The van der Waals surface area contributed by atoms with E-state index in [9.17, 15) is 9.90 Å². The van der Waals surface area contributed by atoms with Crippen LogP contribution in [-0.2, 0) is 4.79 Å².